The maximum Gasteiger partial charge on any atom is 0.115 e. The van der Waals surface area contributed by atoms with Crippen molar-refractivity contribution in [2.45, 2.75) is 19.3 Å². The van der Waals surface area contributed by atoms with Crippen molar-refractivity contribution in [3.05, 3.63) is 174 Å². The molecule has 6 rings (SSSR count). The summed E-state index contributed by atoms with van der Waals surface area (Å²) in [4.78, 5) is 2.27. The lowest BCUT2D eigenvalue weighted by Gasteiger charge is -2.33. The van der Waals surface area contributed by atoms with Crippen LogP contribution in [0.1, 0.15) is 29.2 Å². The van der Waals surface area contributed by atoms with Crippen LogP contribution in [0.4, 0.5) is 17.1 Å². The number of benzene rings is 6. The van der Waals surface area contributed by atoms with Crippen molar-refractivity contribution in [2.24, 2.45) is 0 Å². The van der Waals surface area contributed by atoms with Crippen LogP contribution in [0, 0.1) is 6.92 Å². The molecule has 0 aliphatic heterocycles. The first-order chi connectivity index (χ1) is 20.4. The summed E-state index contributed by atoms with van der Waals surface area (Å²) in [6.45, 7) is 4.28. The predicted octanol–water partition coefficient (Wildman–Crippen LogP) is 9.90. The Morgan fingerprint density at radius 1 is 0.429 bits per heavy atom. The SMILES string of the molecule is Cc1ccc(N(c2ccc(-c3ccccc3)cc2)c2ccc(C(C)(c3ccc(O)cc3)c3ccc(O)cc3)cc2)cc1. The molecule has 206 valence electrons. The molecule has 2 N–H and O–H groups in total. The number of aryl methyl sites for hydroxylation is 1. The van der Waals surface area contributed by atoms with E-state index < -0.39 is 5.41 Å². The van der Waals surface area contributed by atoms with Gasteiger partial charge < -0.3 is 15.1 Å². The van der Waals surface area contributed by atoms with Gasteiger partial charge in [-0.15, -0.1) is 0 Å². The molecule has 0 saturated carbocycles. The minimum absolute atomic E-state index is 0.231. The first kappa shape index (κ1) is 26.9. The number of hydrogen-bond acceptors (Lipinski definition) is 3. The Balaban J connectivity index is 1.43. The Labute approximate surface area is 247 Å². The molecule has 0 aromatic heterocycles. The average Bonchev–Trinajstić information content (AvgIpc) is 3.03. The van der Waals surface area contributed by atoms with Crippen molar-refractivity contribution >= 4 is 17.1 Å². The standard InChI is InChI=1S/C39H33NO2/c1-28-8-18-34(19-9-28)40(35-20-10-30(11-21-35)29-6-4-3-5-7-29)36-22-12-31(13-23-36)39(2,32-14-24-37(41)25-15-32)33-16-26-38(42)27-17-33/h3-27,41-42H,1-2H3. The van der Waals surface area contributed by atoms with Gasteiger partial charge in [0.2, 0.25) is 0 Å². The summed E-state index contributed by atoms with van der Waals surface area (Å²) in [6, 6.07) is 51.1. The van der Waals surface area contributed by atoms with Gasteiger partial charge in [-0.1, -0.05) is 96.6 Å². The Morgan fingerprint density at radius 2 is 0.786 bits per heavy atom. The van der Waals surface area contributed by atoms with Gasteiger partial charge in [-0.3, -0.25) is 0 Å². The van der Waals surface area contributed by atoms with Crippen molar-refractivity contribution in [3.63, 3.8) is 0 Å². The van der Waals surface area contributed by atoms with E-state index in [1.54, 1.807) is 24.3 Å². The van der Waals surface area contributed by atoms with E-state index in [2.05, 4.69) is 116 Å². The molecule has 0 fully saturated rings. The van der Waals surface area contributed by atoms with Crippen LogP contribution in [0.3, 0.4) is 0 Å². The first-order valence-electron chi connectivity index (χ1n) is 14.1. The highest BCUT2D eigenvalue weighted by Gasteiger charge is 2.31. The summed E-state index contributed by atoms with van der Waals surface area (Å²) < 4.78 is 0. The molecular formula is C39H33NO2. The highest BCUT2D eigenvalue weighted by molar-refractivity contribution is 5.78. The van der Waals surface area contributed by atoms with E-state index in [4.69, 9.17) is 0 Å². The number of rotatable bonds is 7. The quantitative estimate of drug-likeness (QED) is 0.196. The van der Waals surface area contributed by atoms with E-state index in [1.807, 2.05) is 30.3 Å². The van der Waals surface area contributed by atoms with Gasteiger partial charge in [-0.05, 0) is 102 Å². The Bertz CT molecular complexity index is 1710. The van der Waals surface area contributed by atoms with Crippen LogP contribution in [0.25, 0.3) is 11.1 Å². The van der Waals surface area contributed by atoms with Gasteiger partial charge in [0.05, 0.1) is 0 Å². The maximum atomic E-state index is 9.97. The first-order valence-corrected chi connectivity index (χ1v) is 14.1. The van der Waals surface area contributed by atoms with Gasteiger partial charge in [0.15, 0.2) is 0 Å². The Kier molecular flexibility index (Phi) is 7.24. The second-order valence-electron chi connectivity index (χ2n) is 10.8. The van der Waals surface area contributed by atoms with E-state index in [9.17, 15) is 10.2 Å². The normalized spacial score (nSPS) is 11.3. The molecule has 0 heterocycles. The second-order valence-corrected chi connectivity index (χ2v) is 10.8. The van der Waals surface area contributed by atoms with Crippen molar-refractivity contribution in [1.82, 2.24) is 0 Å². The summed E-state index contributed by atoms with van der Waals surface area (Å²) in [6.07, 6.45) is 0. The summed E-state index contributed by atoms with van der Waals surface area (Å²) in [5.74, 6) is 0.461. The molecular weight excluding hydrogens is 514 g/mol. The van der Waals surface area contributed by atoms with Gasteiger partial charge in [0, 0.05) is 22.5 Å². The zero-order valence-corrected chi connectivity index (χ0v) is 23.8. The summed E-state index contributed by atoms with van der Waals surface area (Å²) >= 11 is 0. The van der Waals surface area contributed by atoms with Crippen LogP contribution in [0.2, 0.25) is 0 Å². The predicted molar refractivity (Wildman–Crippen MR) is 173 cm³/mol. The summed E-state index contributed by atoms with van der Waals surface area (Å²) in [5, 5.41) is 19.9. The molecule has 0 spiro atoms. The molecule has 3 heteroatoms. The van der Waals surface area contributed by atoms with Gasteiger partial charge in [0.25, 0.3) is 0 Å². The van der Waals surface area contributed by atoms with Gasteiger partial charge >= 0.3 is 0 Å². The van der Waals surface area contributed by atoms with Crippen molar-refractivity contribution in [1.29, 1.82) is 0 Å². The lowest BCUT2D eigenvalue weighted by atomic mass is 9.71. The minimum atomic E-state index is -0.508. The third-order valence-corrected chi connectivity index (χ3v) is 8.12. The smallest absolute Gasteiger partial charge is 0.115 e. The van der Waals surface area contributed by atoms with E-state index in [0.717, 1.165) is 33.8 Å². The molecule has 0 amide bonds. The summed E-state index contributed by atoms with van der Waals surface area (Å²) in [5.41, 5.74) is 9.48. The lowest BCUT2D eigenvalue weighted by Crippen LogP contribution is -2.25. The zero-order valence-electron chi connectivity index (χ0n) is 23.8. The van der Waals surface area contributed by atoms with E-state index in [0.29, 0.717) is 0 Å². The largest absolute Gasteiger partial charge is 0.508 e. The fraction of sp³-hybridized carbons (Fsp3) is 0.0769. The number of nitrogens with zero attached hydrogens (tertiary/aromatic N) is 1. The number of phenolic OH excluding ortho intramolecular Hbond substituents is 2. The maximum absolute atomic E-state index is 9.97. The molecule has 6 aromatic rings. The van der Waals surface area contributed by atoms with Crippen LogP contribution in [0.5, 0.6) is 11.5 Å². The van der Waals surface area contributed by atoms with Gasteiger partial charge in [-0.25, -0.2) is 0 Å². The lowest BCUT2D eigenvalue weighted by molar-refractivity contribution is 0.474. The molecule has 0 atom stereocenters. The van der Waals surface area contributed by atoms with Crippen molar-refractivity contribution < 1.29 is 10.2 Å². The number of phenols is 2. The van der Waals surface area contributed by atoms with Crippen molar-refractivity contribution in [3.8, 4) is 22.6 Å². The number of hydrogen-bond donors (Lipinski definition) is 2. The minimum Gasteiger partial charge on any atom is -0.508 e. The number of anilines is 3. The van der Waals surface area contributed by atoms with Crippen LogP contribution in [-0.2, 0) is 5.41 Å². The summed E-state index contributed by atoms with van der Waals surface area (Å²) in [7, 11) is 0. The third kappa shape index (κ3) is 5.25. The number of aromatic hydroxyl groups is 2. The van der Waals surface area contributed by atoms with Crippen molar-refractivity contribution in [2.75, 3.05) is 4.90 Å². The van der Waals surface area contributed by atoms with E-state index >= 15 is 0 Å². The van der Waals surface area contributed by atoms with Crippen LogP contribution in [0.15, 0.2) is 152 Å². The highest BCUT2D eigenvalue weighted by atomic mass is 16.3. The van der Waals surface area contributed by atoms with Gasteiger partial charge in [-0.2, -0.15) is 0 Å². The molecule has 0 aliphatic carbocycles. The monoisotopic (exact) mass is 547 g/mol. The van der Waals surface area contributed by atoms with E-state index in [-0.39, 0.29) is 11.5 Å². The van der Waals surface area contributed by atoms with Crippen LogP contribution in [-0.4, -0.2) is 10.2 Å². The molecule has 42 heavy (non-hydrogen) atoms. The molecule has 0 bridgehead atoms. The molecule has 6 aromatic carbocycles. The zero-order chi connectivity index (χ0) is 29.1. The molecule has 0 aliphatic rings. The molecule has 0 unspecified atom stereocenters. The Hall–Kier alpha value is -5.28. The van der Waals surface area contributed by atoms with E-state index in [1.165, 1.54) is 16.7 Å². The fourth-order valence-corrected chi connectivity index (χ4v) is 5.61. The second kappa shape index (κ2) is 11.3. The van der Waals surface area contributed by atoms with Crippen LogP contribution >= 0.6 is 0 Å². The average molecular weight is 548 g/mol. The Morgan fingerprint density at radius 3 is 1.24 bits per heavy atom. The topological polar surface area (TPSA) is 43.7 Å². The highest BCUT2D eigenvalue weighted by Crippen LogP contribution is 2.42. The fourth-order valence-electron chi connectivity index (χ4n) is 5.61. The van der Waals surface area contributed by atoms with Gasteiger partial charge in [0.1, 0.15) is 11.5 Å². The van der Waals surface area contributed by atoms with Crippen LogP contribution < -0.4 is 4.90 Å². The molecule has 0 radical (unpaired) electrons. The molecule has 0 saturated heterocycles. The third-order valence-electron chi connectivity index (χ3n) is 8.12. The molecule has 3 nitrogen and oxygen atoms in total.